The number of nitrogens with zero attached hydrogens (tertiary/aromatic N) is 1. The van der Waals surface area contributed by atoms with Crippen molar-refractivity contribution in [1.82, 2.24) is 4.98 Å². The van der Waals surface area contributed by atoms with Crippen LogP contribution in [0.2, 0.25) is 0 Å². The maximum Gasteiger partial charge on any atom is 0.197 e. The average molecular weight is 318 g/mol. The molecule has 0 radical (unpaired) electrons. The highest BCUT2D eigenvalue weighted by Crippen LogP contribution is 2.41. The van der Waals surface area contributed by atoms with Gasteiger partial charge in [-0.3, -0.25) is 0 Å². The Labute approximate surface area is 132 Å². The molecule has 0 amide bonds. The normalized spacial score (nSPS) is 19.3. The van der Waals surface area contributed by atoms with Crippen LogP contribution < -0.4 is 14.8 Å². The Morgan fingerprint density at radius 2 is 2.14 bits per heavy atom. The number of aryl methyl sites for hydroxylation is 1. The SMILES string of the molecule is Cc1ccc2c(n1)NC(c1cc(F)c3c(c1)OCCO3)CS2. The average Bonchev–Trinajstić information content (AvgIpc) is 2.54. The molecule has 114 valence electrons. The van der Waals surface area contributed by atoms with Crippen molar-refractivity contribution in [3.8, 4) is 11.5 Å². The van der Waals surface area contributed by atoms with Gasteiger partial charge in [-0.2, -0.15) is 0 Å². The molecule has 1 atom stereocenters. The van der Waals surface area contributed by atoms with E-state index in [0.717, 1.165) is 27.7 Å². The molecule has 2 aliphatic heterocycles. The summed E-state index contributed by atoms with van der Waals surface area (Å²) in [5, 5.41) is 3.39. The van der Waals surface area contributed by atoms with Crippen LogP contribution in [0.3, 0.4) is 0 Å². The smallest absolute Gasteiger partial charge is 0.197 e. The van der Waals surface area contributed by atoms with Crippen molar-refractivity contribution in [2.45, 2.75) is 17.9 Å². The predicted octanol–water partition coefficient (Wildman–Crippen LogP) is 3.56. The molecular weight excluding hydrogens is 303 g/mol. The summed E-state index contributed by atoms with van der Waals surface area (Å²) in [6, 6.07) is 7.44. The lowest BCUT2D eigenvalue weighted by Gasteiger charge is -2.27. The summed E-state index contributed by atoms with van der Waals surface area (Å²) in [7, 11) is 0. The molecule has 0 saturated heterocycles. The Bertz CT molecular complexity index is 738. The van der Waals surface area contributed by atoms with Crippen molar-refractivity contribution in [1.29, 1.82) is 0 Å². The molecule has 1 aromatic heterocycles. The number of nitrogens with one attached hydrogen (secondary N) is 1. The van der Waals surface area contributed by atoms with E-state index in [2.05, 4.69) is 16.4 Å². The van der Waals surface area contributed by atoms with Gasteiger partial charge in [0.05, 0.1) is 6.04 Å². The molecule has 0 aliphatic carbocycles. The largest absolute Gasteiger partial charge is 0.486 e. The lowest BCUT2D eigenvalue weighted by molar-refractivity contribution is 0.164. The summed E-state index contributed by atoms with van der Waals surface area (Å²) in [4.78, 5) is 5.64. The molecule has 22 heavy (non-hydrogen) atoms. The first-order chi connectivity index (χ1) is 10.7. The lowest BCUT2D eigenvalue weighted by Crippen LogP contribution is -2.21. The zero-order chi connectivity index (χ0) is 15.1. The van der Waals surface area contributed by atoms with E-state index < -0.39 is 0 Å². The zero-order valence-electron chi connectivity index (χ0n) is 12.1. The van der Waals surface area contributed by atoms with E-state index in [4.69, 9.17) is 9.47 Å². The molecule has 0 saturated carbocycles. The molecule has 0 spiro atoms. The summed E-state index contributed by atoms with van der Waals surface area (Å²) >= 11 is 1.72. The van der Waals surface area contributed by atoms with Crippen LogP contribution in [0.5, 0.6) is 11.5 Å². The number of hydrogen-bond donors (Lipinski definition) is 1. The standard InChI is InChI=1S/C16H15FN2O2S/c1-9-2-3-14-16(18-9)19-12(8-22-14)10-6-11(17)15-13(7-10)20-4-5-21-15/h2-3,6-7,12H,4-5,8H2,1H3,(H,18,19). The molecule has 2 aromatic rings. The van der Waals surface area contributed by atoms with Crippen molar-refractivity contribution < 1.29 is 13.9 Å². The third-order valence-corrected chi connectivity index (χ3v) is 4.88. The number of ether oxygens (including phenoxy) is 2. The van der Waals surface area contributed by atoms with Crippen LogP contribution >= 0.6 is 11.8 Å². The van der Waals surface area contributed by atoms with Gasteiger partial charge in [0.2, 0.25) is 0 Å². The molecule has 4 nitrogen and oxygen atoms in total. The fourth-order valence-electron chi connectivity index (χ4n) is 2.66. The van der Waals surface area contributed by atoms with E-state index in [1.807, 2.05) is 19.1 Å². The van der Waals surface area contributed by atoms with Gasteiger partial charge in [-0.25, -0.2) is 9.37 Å². The third kappa shape index (κ3) is 2.37. The Morgan fingerprint density at radius 3 is 3.05 bits per heavy atom. The van der Waals surface area contributed by atoms with E-state index in [1.165, 1.54) is 6.07 Å². The van der Waals surface area contributed by atoms with Gasteiger partial charge in [-0.1, -0.05) is 0 Å². The Balaban J connectivity index is 1.67. The fourth-order valence-corrected chi connectivity index (χ4v) is 3.68. The summed E-state index contributed by atoms with van der Waals surface area (Å²) in [5.74, 6) is 2.00. The molecule has 1 unspecified atom stereocenters. The van der Waals surface area contributed by atoms with Crippen LogP contribution in [-0.2, 0) is 0 Å². The van der Waals surface area contributed by atoms with Gasteiger partial charge in [0.15, 0.2) is 17.3 Å². The number of anilines is 1. The molecule has 1 N–H and O–H groups in total. The number of benzene rings is 1. The first-order valence-electron chi connectivity index (χ1n) is 7.17. The van der Waals surface area contributed by atoms with Crippen LogP contribution in [0, 0.1) is 12.7 Å². The topological polar surface area (TPSA) is 43.4 Å². The van der Waals surface area contributed by atoms with Gasteiger partial charge in [-0.05, 0) is 36.8 Å². The molecule has 4 rings (SSSR count). The summed E-state index contributed by atoms with van der Waals surface area (Å²) in [6.45, 7) is 2.80. The summed E-state index contributed by atoms with van der Waals surface area (Å²) in [6.07, 6.45) is 0. The van der Waals surface area contributed by atoms with E-state index in [0.29, 0.717) is 19.0 Å². The highest BCUT2D eigenvalue weighted by Gasteiger charge is 2.25. The van der Waals surface area contributed by atoms with E-state index in [-0.39, 0.29) is 17.6 Å². The van der Waals surface area contributed by atoms with Crippen LogP contribution in [-0.4, -0.2) is 24.0 Å². The fraction of sp³-hybridized carbons (Fsp3) is 0.312. The third-order valence-electron chi connectivity index (χ3n) is 3.74. The Kier molecular flexibility index (Phi) is 3.33. The number of halogens is 1. The van der Waals surface area contributed by atoms with Gasteiger partial charge in [0.25, 0.3) is 0 Å². The van der Waals surface area contributed by atoms with Crippen LogP contribution in [0.1, 0.15) is 17.3 Å². The van der Waals surface area contributed by atoms with Crippen molar-refractivity contribution in [3.05, 3.63) is 41.3 Å². The second-order valence-electron chi connectivity index (χ2n) is 5.33. The second kappa shape index (κ2) is 5.35. The van der Waals surface area contributed by atoms with E-state index in [1.54, 1.807) is 11.8 Å². The first-order valence-corrected chi connectivity index (χ1v) is 8.15. The van der Waals surface area contributed by atoms with Gasteiger partial charge in [-0.15, -0.1) is 11.8 Å². The maximum absolute atomic E-state index is 14.2. The van der Waals surface area contributed by atoms with E-state index >= 15 is 0 Å². The molecule has 0 bridgehead atoms. The predicted molar refractivity (Wildman–Crippen MR) is 83.5 cm³/mol. The Morgan fingerprint density at radius 1 is 1.27 bits per heavy atom. The molecule has 1 aromatic carbocycles. The second-order valence-corrected chi connectivity index (χ2v) is 6.40. The van der Waals surface area contributed by atoms with Gasteiger partial charge >= 0.3 is 0 Å². The monoisotopic (exact) mass is 318 g/mol. The molecule has 6 heteroatoms. The molecule has 2 aliphatic rings. The van der Waals surface area contributed by atoms with Crippen molar-refractivity contribution in [2.75, 3.05) is 24.3 Å². The van der Waals surface area contributed by atoms with Gasteiger partial charge in [0.1, 0.15) is 19.0 Å². The van der Waals surface area contributed by atoms with Crippen LogP contribution in [0.25, 0.3) is 0 Å². The van der Waals surface area contributed by atoms with E-state index in [9.17, 15) is 4.39 Å². The van der Waals surface area contributed by atoms with Gasteiger partial charge in [0, 0.05) is 16.3 Å². The van der Waals surface area contributed by atoms with Gasteiger partial charge < -0.3 is 14.8 Å². The molecule has 0 fully saturated rings. The number of fused-ring (bicyclic) bond motifs is 2. The number of pyridine rings is 1. The number of thioether (sulfide) groups is 1. The highest BCUT2D eigenvalue weighted by atomic mass is 32.2. The molecule has 3 heterocycles. The van der Waals surface area contributed by atoms with Crippen molar-refractivity contribution in [2.24, 2.45) is 0 Å². The number of hydrogen-bond acceptors (Lipinski definition) is 5. The number of rotatable bonds is 1. The highest BCUT2D eigenvalue weighted by molar-refractivity contribution is 7.99. The maximum atomic E-state index is 14.2. The minimum atomic E-state index is -0.373. The van der Waals surface area contributed by atoms with Crippen molar-refractivity contribution >= 4 is 17.6 Å². The van der Waals surface area contributed by atoms with Crippen molar-refractivity contribution in [3.63, 3.8) is 0 Å². The summed E-state index contributed by atoms with van der Waals surface area (Å²) < 4.78 is 25.0. The zero-order valence-corrected chi connectivity index (χ0v) is 12.9. The lowest BCUT2D eigenvalue weighted by atomic mass is 10.1. The quantitative estimate of drug-likeness (QED) is 0.871. The Hall–Kier alpha value is -1.95. The molecular formula is C16H15FN2O2S. The number of aromatic nitrogens is 1. The minimum Gasteiger partial charge on any atom is -0.486 e. The summed E-state index contributed by atoms with van der Waals surface area (Å²) in [5.41, 5.74) is 1.81. The minimum absolute atomic E-state index is 0.00266. The van der Waals surface area contributed by atoms with Crippen LogP contribution in [0.15, 0.2) is 29.2 Å². The van der Waals surface area contributed by atoms with Crippen LogP contribution in [0.4, 0.5) is 10.2 Å². The first kappa shape index (κ1) is 13.7.